The summed E-state index contributed by atoms with van der Waals surface area (Å²) in [5, 5.41) is 9.22. The number of aryl methyl sites for hydroxylation is 2. The molecule has 3 aliphatic heterocycles. The third kappa shape index (κ3) is 6.29. The lowest BCUT2D eigenvalue weighted by Crippen LogP contribution is -2.54. The van der Waals surface area contributed by atoms with Crippen molar-refractivity contribution in [3.63, 3.8) is 0 Å². The second-order valence-corrected chi connectivity index (χ2v) is 13.3. The van der Waals surface area contributed by atoms with Crippen molar-refractivity contribution in [3.05, 3.63) is 81.1 Å². The monoisotopic (exact) mass is 699 g/mol. The molecule has 2 aromatic carbocycles. The van der Waals surface area contributed by atoms with Crippen LogP contribution in [0.25, 0.3) is 0 Å². The fraction of sp³-hybridized carbons (Fsp3) is 0.273. The molecule has 5 heterocycles. The maximum atomic E-state index is 13.3. The number of piperazine rings is 1. The molecule has 2 aromatic heterocycles. The van der Waals surface area contributed by atoms with Gasteiger partial charge in [-0.05, 0) is 50.1 Å². The normalized spacial score (nSPS) is 17.7. The number of anilines is 5. The Bertz CT molecular complexity index is 2020. The van der Waals surface area contributed by atoms with E-state index in [2.05, 4.69) is 40.7 Å². The van der Waals surface area contributed by atoms with Gasteiger partial charge in [-0.2, -0.15) is 0 Å². The van der Waals surface area contributed by atoms with Crippen LogP contribution in [0.4, 0.5) is 28.1 Å². The number of rotatable bonds is 7. The highest BCUT2D eigenvalue weighted by molar-refractivity contribution is 7.17. The summed E-state index contributed by atoms with van der Waals surface area (Å²) >= 11 is 7.46. The Labute approximate surface area is 289 Å². The van der Waals surface area contributed by atoms with Gasteiger partial charge in [0.2, 0.25) is 11.8 Å². The zero-order valence-electron chi connectivity index (χ0n) is 26.4. The molecule has 0 spiro atoms. The van der Waals surface area contributed by atoms with E-state index in [4.69, 9.17) is 11.6 Å². The molecule has 0 saturated carbocycles. The Kier molecular flexibility index (Phi) is 8.46. The largest absolute Gasteiger partial charge is 0.368 e. The van der Waals surface area contributed by atoms with Crippen LogP contribution in [-0.2, 0) is 9.59 Å². The fourth-order valence-corrected chi connectivity index (χ4v) is 7.13. The molecule has 5 amide bonds. The first-order valence-corrected chi connectivity index (χ1v) is 16.8. The third-order valence-electron chi connectivity index (χ3n) is 8.64. The Morgan fingerprint density at radius 1 is 0.959 bits per heavy atom. The number of nitrogens with one attached hydrogen (secondary N) is 3. The minimum absolute atomic E-state index is 0.0678. The van der Waals surface area contributed by atoms with Crippen LogP contribution in [0.3, 0.4) is 0 Å². The number of carbonyl (C=O) groups is 5. The number of para-hydroxylation sites is 1. The molecule has 0 bridgehead atoms. The van der Waals surface area contributed by atoms with Crippen LogP contribution in [0.1, 0.15) is 54.6 Å². The van der Waals surface area contributed by atoms with Crippen LogP contribution in [0.2, 0.25) is 5.02 Å². The van der Waals surface area contributed by atoms with Gasteiger partial charge in [-0.15, -0.1) is 0 Å². The molecule has 0 radical (unpaired) electrons. The summed E-state index contributed by atoms with van der Waals surface area (Å²) in [6.45, 7) is 6.18. The number of hydrogen-bond acceptors (Lipinski definition) is 12. The van der Waals surface area contributed by atoms with Crippen molar-refractivity contribution < 1.29 is 24.0 Å². The number of hydrogen-bond donors (Lipinski definition) is 3. The summed E-state index contributed by atoms with van der Waals surface area (Å²) in [6.07, 6.45) is 1.67. The number of imide groups is 2. The van der Waals surface area contributed by atoms with Crippen LogP contribution in [0.5, 0.6) is 0 Å². The molecule has 3 aliphatic rings. The highest BCUT2D eigenvalue weighted by atomic mass is 35.5. The number of benzene rings is 2. The molecule has 2 saturated heterocycles. The van der Waals surface area contributed by atoms with Gasteiger partial charge in [0.05, 0.1) is 28.0 Å². The zero-order valence-corrected chi connectivity index (χ0v) is 28.0. The Morgan fingerprint density at radius 3 is 2.47 bits per heavy atom. The molecular formula is C33H30ClN9O5S. The summed E-state index contributed by atoms with van der Waals surface area (Å²) in [6, 6.07) is 11.4. The summed E-state index contributed by atoms with van der Waals surface area (Å²) in [5.41, 5.74) is 2.70. The average Bonchev–Trinajstić information content (AvgIpc) is 3.64. The molecule has 1 atom stereocenters. The zero-order chi connectivity index (χ0) is 34.4. The van der Waals surface area contributed by atoms with Gasteiger partial charge in [-0.25, -0.2) is 15.0 Å². The second kappa shape index (κ2) is 12.9. The van der Waals surface area contributed by atoms with Crippen LogP contribution in [0.15, 0.2) is 48.7 Å². The first-order valence-electron chi connectivity index (χ1n) is 15.6. The van der Waals surface area contributed by atoms with Crippen molar-refractivity contribution in [2.75, 3.05) is 46.6 Å². The average molecular weight is 700 g/mol. The Morgan fingerprint density at radius 2 is 1.71 bits per heavy atom. The molecule has 16 heteroatoms. The SMILES string of the molecule is Cc1nc(Nc2ncc(C(=O)Nc3c(C)cccc3Cl)s2)cc(N2CCN(c3ccc4c(c3)C(=O)N(C3CCC(=O)NC3=O)C4=O)CC2)n1. The number of nitrogens with zero attached hydrogens (tertiary/aromatic N) is 6. The van der Waals surface area contributed by atoms with E-state index in [9.17, 15) is 24.0 Å². The van der Waals surface area contributed by atoms with Gasteiger partial charge in [0.15, 0.2) is 5.13 Å². The third-order valence-corrected chi connectivity index (χ3v) is 9.87. The van der Waals surface area contributed by atoms with Gasteiger partial charge in [-0.1, -0.05) is 35.1 Å². The van der Waals surface area contributed by atoms with E-state index in [1.165, 1.54) is 17.5 Å². The van der Waals surface area contributed by atoms with Gasteiger partial charge in [-0.3, -0.25) is 34.2 Å². The van der Waals surface area contributed by atoms with Crippen LogP contribution in [-0.4, -0.2) is 81.6 Å². The molecular weight excluding hydrogens is 670 g/mol. The molecule has 2 fully saturated rings. The second-order valence-electron chi connectivity index (χ2n) is 11.9. The number of halogens is 1. The van der Waals surface area contributed by atoms with E-state index >= 15 is 0 Å². The topological polar surface area (TPSA) is 170 Å². The maximum Gasteiger partial charge on any atom is 0.267 e. The van der Waals surface area contributed by atoms with Gasteiger partial charge in [0, 0.05) is 44.4 Å². The molecule has 4 aromatic rings. The van der Waals surface area contributed by atoms with Crippen LogP contribution >= 0.6 is 22.9 Å². The lowest BCUT2D eigenvalue weighted by molar-refractivity contribution is -0.136. The standard InChI is InChI=1S/C33H30ClN9O5S/c1-17-4-3-5-22(34)28(17)40-30(46)24-16-35-33(49-24)38-25-15-26(37-18(2)36-25)42-12-10-41(11-13-42)19-6-7-20-21(14-19)32(48)43(31(20)47)23-8-9-27(44)39-29(23)45/h3-7,14-16,23H,8-13H2,1-2H3,(H,40,46)(H,39,44,45)(H,35,36,37,38). The maximum absolute atomic E-state index is 13.3. The first kappa shape index (κ1) is 32.2. The van der Waals surface area contributed by atoms with E-state index in [-0.39, 0.29) is 29.9 Å². The predicted octanol–water partition coefficient (Wildman–Crippen LogP) is 3.93. The lowest BCUT2D eigenvalue weighted by atomic mass is 10.0. The van der Waals surface area contributed by atoms with Gasteiger partial charge in [0.25, 0.3) is 17.7 Å². The number of thiazole rings is 1. The summed E-state index contributed by atoms with van der Waals surface area (Å²) in [5.74, 6) is -0.593. The van der Waals surface area contributed by atoms with Gasteiger partial charge < -0.3 is 20.4 Å². The number of carbonyl (C=O) groups excluding carboxylic acids is 5. The van der Waals surface area contributed by atoms with Crippen LogP contribution < -0.4 is 25.8 Å². The number of fused-ring (bicyclic) bond motifs is 1. The molecule has 1 unspecified atom stereocenters. The van der Waals surface area contributed by atoms with Crippen molar-refractivity contribution in [2.24, 2.45) is 0 Å². The number of piperidine rings is 1. The van der Waals surface area contributed by atoms with Gasteiger partial charge in [0.1, 0.15) is 28.4 Å². The first-order chi connectivity index (χ1) is 23.5. The van der Waals surface area contributed by atoms with Crippen LogP contribution in [0, 0.1) is 13.8 Å². The highest BCUT2D eigenvalue weighted by Crippen LogP contribution is 2.32. The van der Waals surface area contributed by atoms with Crippen molar-refractivity contribution in [1.29, 1.82) is 0 Å². The summed E-state index contributed by atoms with van der Waals surface area (Å²) in [7, 11) is 0. The van der Waals surface area contributed by atoms with Crippen molar-refractivity contribution in [1.82, 2.24) is 25.2 Å². The molecule has 3 N–H and O–H groups in total. The summed E-state index contributed by atoms with van der Waals surface area (Å²) in [4.78, 5) is 82.4. The smallest absolute Gasteiger partial charge is 0.267 e. The fourth-order valence-electron chi connectivity index (χ4n) is 6.14. The number of amides is 5. The van der Waals surface area contributed by atoms with Gasteiger partial charge >= 0.3 is 0 Å². The lowest BCUT2D eigenvalue weighted by Gasteiger charge is -2.37. The molecule has 0 aliphatic carbocycles. The predicted molar refractivity (Wildman–Crippen MR) is 184 cm³/mol. The van der Waals surface area contributed by atoms with E-state index in [1.54, 1.807) is 25.1 Å². The molecule has 250 valence electrons. The Balaban J connectivity index is 0.994. The Hall–Kier alpha value is -5.41. The van der Waals surface area contributed by atoms with E-state index < -0.39 is 29.7 Å². The van der Waals surface area contributed by atoms with E-state index in [0.29, 0.717) is 58.5 Å². The van der Waals surface area contributed by atoms with Crippen molar-refractivity contribution >= 4 is 80.6 Å². The minimum Gasteiger partial charge on any atom is -0.368 e. The highest BCUT2D eigenvalue weighted by Gasteiger charge is 2.44. The quantitative estimate of drug-likeness (QED) is 0.239. The minimum atomic E-state index is -1.01. The number of aromatic nitrogens is 3. The van der Waals surface area contributed by atoms with Crippen molar-refractivity contribution in [2.45, 2.75) is 32.7 Å². The summed E-state index contributed by atoms with van der Waals surface area (Å²) < 4.78 is 0. The molecule has 14 nitrogen and oxygen atoms in total. The molecule has 7 rings (SSSR count). The van der Waals surface area contributed by atoms with Crippen molar-refractivity contribution in [3.8, 4) is 0 Å². The van der Waals surface area contributed by atoms with E-state index in [0.717, 1.165) is 22.0 Å². The van der Waals surface area contributed by atoms with E-state index in [1.807, 2.05) is 31.2 Å². The molecule has 49 heavy (non-hydrogen) atoms.